The predicted molar refractivity (Wildman–Crippen MR) is 81.6 cm³/mol. The molecule has 0 amide bonds. The zero-order chi connectivity index (χ0) is 14.3. The number of hydrogen-bond acceptors (Lipinski definition) is 3. The summed E-state index contributed by atoms with van der Waals surface area (Å²) < 4.78 is 5.63. The van der Waals surface area contributed by atoms with Gasteiger partial charge in [-0.25, -0.2) is 0 Å². The van der Waals surface area contributed by atoms with Crippen LogP contribution in [-0.4, -0.2) is 0 Å². The molecule has 106 valence electrons. The van der Waals surface area contributed by atoms with Crippen LogP contribution >= 0.6 is 0 Å². The first-order valence-corrected chi connectivity index (χ1v) is 7.26. The Kier molecular flexibility index (Phi) is 3.30. The Morgan fingerprint density at radius 3 is 2.80 bits per heavy atom. The largest absolute Gasteiger partial charge is 0.466 e. The van der Waals surface area contributed by atoms with Crippen LogP contribution in [-0.2, 0) is 6.42 Å². The van der Waals surface area contributed by atoms with E-state index in [-0.39, 0.29) is 0 Å². The van der Waals surface area contributed by atoms with Gasteiger partial charge in [0, 0.05) is 23.3 Å². The molecule has 0 saturated heterocycles. The zero-order valence-corrected chi connectivity index (χ0v) is 12.4. The second kappa shape index (κ2) is 4.98. The third-order valence-electron chi connectivity index (χ3n) is 4.24. The van der Waals surface area contributed by atoms with Crippen molar-refractivity contribution in [2.45, 2.75) is 45.7 Å². The van der Waals surface area contributed by atoms with Gasteiger partial charge in [0.1, 0.15) is 11.5 Å². The minimum absolute atomic E-state index is 0.293. The van der Waals surface area contributed by atoms with E-state index in [2.05, 4.69) is 30.4 Å². The lowest BCUT2D eigenvalue weighted by Crippen LogP contribution is -2.23. The maximum atomic E-state index is 5.86. The Hall–Kier alpha value is -1.74. The van der Waals surface area contributed by atoms with Crippen LogP contribution in [0.2, 0.25) is 0 Å². The number of rotatable bonds is 3. The van der Waals surface area contributed by atoms with Crippen molar-refractivity contribution in [1.82, 2.24) is 5.32 Å². The quantitative estimate of drug-likeness (QED) is 0.834. The average Bonchev–Trinajstić information content (AvgIpc) is 2.93. The first kappa shape index (κ1) is 13.3. The number of benzene rings is 1. The van der Waals surface area contributed by atoms with Gasteiger partial charge in [-0.1, -0.05) is 6.07 Å². The number of nitrogen functional groups attached to an aromatic ring is 1. The lowest BCUT2D eigenvalue weighted by molar-refractivity contribution is 0.450. The van der Waals surface area contributed by atoms with Crippen molar-refractivity contribution in [3.05, 3.63) is 52.5 Å². The van der Waals surface area contributed by atoms with Gasteiger partial charge in [0.2, 0.25) is 0 Å². The number of aryl methyl sites for hydroxylation is 3. The van der Waals surface area contributed by atoms with E-state index in [1.165, 1.54) is 16.7 Å². The van der Waals surface area contributed by atoms with Crippen LogP contribution in [0.4, 0.5) is 5.69 Å². The third kappa shape index (κ3) is 2.34. The van der Waals surface area contributed by atoms with Crippen LogP contribution in [0.1, 0.15) is 53.6 Å². The van der Waals surface area contributed by atoms with Crippen molar-refractivity contribution in [3.63, 3.8) is 0 Å². The number of furan rings is 1. The van der Waals surface area contributed by atoms with Crippen molar-refractivity contribution < 1.29 is 4.42 Å². The average molecular weight is 270 g/mol. The maximum Gasteiger partial charge on any atom is 0.105 e. The molecule has 1 aromatic carbocycles. The monoisotopic (exact) mass is 270 g/mol. The first-order chi connectivity index (χ1) is 9.54. The summed E-state index contributed by atoms with van der Waals surface area (Å²) in [7, 11) is 0. The van der Waals surface area contributed by atoms with Crippen LogP contribution in [0, 0.1) is 13.8 Å². The normalized spacial score (nSPS) is 19.1. The molecule has 3 rings (SSSR count). The van der Waals surface area contributed by atoms with Gasteiger partial charge in [-0.3, -0.25) is 0 Å². The molecule has 1 aromatic heterocycles. The standard InChI is InChI=1S/C17H22N2O/c1-10-8-16(12(3)20-10)11(2)19-17-7-4-13-9-14(18)5-6-15(13)17/h5-6,8-9,11,17,19H,4,7,18H2,1-3H3. The van der Waals surface area contributed by atoms with Crippen LogP contribution in [0.3, 0.4) is 0 Å². The van der Waals surface area contributed by atoms with E-state index in [9.17, 15) is 0 Å². The Morgan fingerprint density at radius 2 is 2.10 bits per heavy atom. The molecule has 3 heteroatoms. The number of fused-ring (bicyclic) bond motifs is 1. The maximum absolute atomic E-state index is 5.86. The highest BCUT2D eigenvalue weighted by molar-refractivity contribution is 5.47. The fourth-order valence-corrected chi connectivity index (χ4v) is 3.28. The van der Waals surface area contributed by atoms with Crippen LogP contribution in [0.25, 0.3) is 0 Å². The molecule has 0 spiro atoms. The first-order valence-electron chi connectivity index (χ1n) is 7.26. The smallest absolute Gasteiger partial charge is 0.105 e. The molecule has 0 aliphatic heterocycles. The lowest BCUT2D eigenvalue weighted by Gasteiger charge is -2.20. The molecule has 1 heterocycles. The van der Waals surface area contributed by atoms with E-state index in [1.807, 2.05) is 19.9 Å². The van der Waals surface area contributed by atoms with E-state index in [4.69, 9.17) is 10.2 Å². The topological polar surface area (TPSA) is 51.2 Å². The molecule has 0 radical (unpaired) electrons. The van der Waals surface area contributed by atoms with E-state index in [0.717, 1.165) is 30.0 Å². The van der Waals surface area contributed by atoms with Crippen LogP contribution < -0.4 is 11.1 Å². The van der Waals surface area contributed by atoms with Crippen LogP contribution in [0.15, 0.2) is 28.7 Å². The highest BCUT2D eigenvalue weighted by atomic mass is 16.3. The van der Waals surface area contributed by atoms with Gasteiger partial charge < -0.3 is 15.5 Å². The minimum Gasteiger partial charge on any atom is -0.466 e. The second-order valence-electron chi connectivity index (χ2n) is 5.81. The zero-order valence-electron chi connectivity index (χ0n) is 12.4. The Morgan fingerprint density at radius 1 is 1.30 bits per heavy atom. The molecule has 0 fully saturated rings. The van der Waals surface area contributed by atoms with E-state index in [1.54, 1.807) is 0 Å². The summed E-state index contributed by atoms with van der Waals surface area (Å²) in [6.07, 6.45) is 2.24. The van der Waals surface area contributed by atoms with Crippen molar-refractivity contribution in [1.29, 1.82) is 0 Å². The van der Waals surface area contributed by atoms with E-state index >= 15 is 0 Å². The molecular formula is C17H22N2O. The number of hydrogen-bond donors (Lipinski definition) is 2. The lowest BCUT2D eigenvalue weighted by atomic mass is 10.0. The predicted octanol–water partition coefficient (Wildman–Crippen LogP) is 3.82. The Labute approximate surface area is 120 Å². The molecule has 3 N–H and O–H groups in total. The van der Waals surface area contributed by atoms with Gasteiger partial charge in [0.05, 0.1) is 0 Å². The molecule has 3 nitrogen and oxygen atoms in total. The molecular weight excluding hydrogens is 248 g/mol. The molecule has 2 atom stereocenters. The third-order valence-corrected chi connectivity index (χ3v) is 4.24. The second-order valence-corrected chi connectivity index (χ2v) is 5.81. The Balaban J connectivity index is 1.79. The van der Waals surface area contributed by atoms with E-state index in [0.29, 0.717) is 12.1 Å². The van der Waals surface area contributed by atoms with Gasteiger partial charge >= 0.3 is 0 Å². The molecule has 0 saturated carbocycles. The van der Waals surface area contributed by atoms with Gasteiger partial charge in [0.15, 0.2) is 0 Å². The number of nitrogens with two attached hydrogens (primary N) is 1. The van der Waals surface area contributed by atoms with Crippen molar-refractivity contribution in [3.8, 4) is 0 Å². The van der Waals surface area contributed by atoms with Gasteiger partial charge in [-0.2, -0.15) is 0 Å². The number of anilines is 1. The van der Waals surface area contributed by atoms with Crippen LogP contribution in [0.5, 0.6) is 0 Å². The molecule has 2 unspecified atom stereocenters. The highest BCUT2D eigenvalue weighted by Gasteiger charge is 2.25. The fraction of sp³-hybridized carbons (Fsp3) is 0.412. The van der Waals surface area contributed by atoms with Crippen molar-refractivity contribution in [2.24, 2.45) is 0 Å². The molecule has 0 bridgehead atoms. The minimum atomic E-state index is 0.293. The van der Waals surface area contributed by atoms with Crippen molar-refractivity contribution >= 4 is 5.69 Å². The van der Waals surface area contributed by atoms with Gasteiger partial charge in [0.25, 0.3) is 0 Å². The fourth-order valence-electron chi connectivity index (χ4n) is 3.28. The summed E-state index contributed by atoms with van der Waals surface area (Å²) in [4.78, 5) is 0. The summed E-state index contributed by atoms with van der Waals surface area (Å²) in [5.41, 5.74) is 10.8. The summed E-state index contributed by atoms with van der Waals surface area (Å²) in [6.45, 7) is 6.23. The summed E-state index contributed by atoms with van der Waals surface area (Å²) in [6, 6.07) is 9.10. The van der Waals surface area contributed by atoms with Crippen molar-refractivity contribution in [2.75, 3.05) is 5.73 Å². The molecule has 1 aliphatic rings. The summed E-state index contributed by atoms with van der Waals surface area (Å²) >= 11 is 0. The SMILES string of the molecule is Cc1cc(C(C)NC2CCc3cc(N)ccc32)c(C)o1. The summed E-state index contributed by atoms with van der Waals surface area (Å²) in [5, 5.41) is 3.72. The molecule has 1 aliphatic carbocycles. The van der Waals surface area contributed by atoms with Gasteiger partial charge in [-0.15, -0.1) is 0 Å². The van der Waals surface area contributed by atoms with E-state index < -0.39 is 0 Å². The highest BCUT2D eigenvalue weighted by Crippen LogP contribution is 2.34. The molecule has 20 heavy (non-hydrogen) atoms. The molecule has 2 aromatic rings. The summed E-state index contributed by atoms with van der Waals surface area (Å²) in [5.74, 6) is 1.99. The Bertz CT molecular complexity index is 630. The number of nitrogens with one attached hydrogen (secondary N) is 1. The van der Waals surface area contributed by atoms with Gasteiger partial charge in [-0.05, 0) is 62.9 Å².